The van der Waals surface area contributed by atoms with E-state index < -0.39 is 12.0 Å². The van der Waals surface area contributed by atoms with Crippen molar-refractivity contribution in [2.75, 3.05) is 6.61 Å². The summed E-state index contributed by atoms with van der Waals surface area (Å²) in [5.41, 5.74) is 3.07. The molecule has 0 aliphatic rings. The van der Waals surface area contributed by atoms with Gasteiger partial charge in [-0.2, -0.15) is 5.10 Å². The topological polar surface area (TPSA) is 65.7 Å². The van der Waals surface area contributed by atoms with Crippen molar-refractivity contribution < 1.29 is 18.7 Å². The number of hydrogen-bond donors (Lipinski definition) is 0. The second-order valence-corrected chi connectivity index (χ2v) is 6.68. The van der Waals surface area contributed by atoms with Crippen LogP contribution in [0.3, 0.4) is 0 Å². The van der Waals surface area contributed by atoms with E-state index in [1.165, 1.54) is 12.4 Å². The first-order valence-electron chi connectivity index (χ1n) is 8.54. The van der Waals surface area contributed by atoms with Gasteiger partial charge in [-0.05, 0) is 30.5 Å². The standard InChI is InChI=1S/C19H19ClFN3O3/c1-4-26-19(25)27-16-9-24-18(17(16)11(2)3)15(22-10-23-24)8-12-5-6-14(21)13(20)7-12/h5-7,9-11H,4,8H2,1-3H3. The average Bonchev–Trinajstić information content (AvgIpc) is 2.97. The lowest BCUT2D eigenvalue weighted by Crippen LogP contribution is -2.10. The van der Waals surface area contributed by atoms with Crippen molar-refractivity contribution in [1.29, 1.82) is 0 Å². The highest BCUT2D eigenvalue weighted by Gasteiger charge is 2.22. The maximum absolute atomic E-state index is 13.4. The molecule has 0 N–H and O–H groups in total. The van der Waals surface area contributed by atoms with Crippen LogP contribution in [0.2, 0.25) is 5.02 Å². The van der Waals surface area contributed by atoms with Crippen molar-refractivity contribution >= 4 is 23.3 Å². The van der Waals surface area contributed by atoms with Crippen LogP contribution < -0.4 is 4.74 Å². The molecule has 3 rings (SSSR count). The Morgan fingerprint density at radius 2 is 2.15 bits per heavy atom. The van der Waals surface area contributed by atoms with Crippen LogP contribution in [0.25, 0.3) is 5.52 Å². The van der Waals surface area contributed by atoms with Gasteiger partial charge < -0.3 is 9.47 Å². The van der Waals surface area contributed by atoms with Crippen LogP contribution in [0.5, 0.6) is 5.75 Å². The molecule has 8 heteroatoms. The Hall–Kier alpha value is -2.67. The Bertz CT molecular complexity index is 988. The van der Waals surface area contributed by atoms with Crippen LogP contribution in [0.15, 0.2) is 30.7 Å². The number of aromatic nitrogens is 3. The Morgan fingerprint density at radius 3 is 2.81 bits per heavy atom. The van der Waals surface area contributed by atoms with Crippen molar-refractivity contribution in [3.63, 3.8) is 0 Å². The van der Waals surface area contributed by atoms with Gasteiger partial charge in [-0.3, -0.25) is 0 Å². The van der Waals surface area contributed by atoms with E-state index in [2.05, 4.69) is 10.1 Å². The van der Waals surface area contributed by atoms with Gasteiger partial charge >= 0.3 is 6.16 Å². The van der Waals surface area contributed by atoms with Crippen LogP contribution in [-0.2, 0) is 11.2 Å². The molecule has 0 fully saturated rings. The van der Waals surface area contributed by atoms with Crippen LogP contribution in [0, 0.1) is 5.82 Å². The number of hydrogen-bond acceptors (Lipinski definition) is 5. The van der Waals surface area contributed by atoms with E-state index in [0.29, 0.717) is 12.2 Å². The van der Waals surface area contributed by atoms with Crippen molar-refractivity contribution in [3.05, 3.63) is 58.4 Å². The molecular formula is C19H19ClFN3O3. The number of halogens is 2. The third-order valence-corrected chi connectivity index (χ3v) is 4.33. The lowest BCUT2D eigenvalue weighted by Gasteiger charge is -2.10. The van der Waals surface area contributed by atoms with E-state index in [4.69, 9.17) is 21.1 Å². The molecule has 0 unspecified atom stereocenters. The van der Waals surface area contributed by atoms with Crippen molar-refractivity contribution in [2.45, 2.75) is 33.1 Å². The minimum Gasteiger partial charge on any atom is -0.434 e. The van der Waals surface area contributed by atoms with Gasteiger partial charge in [0.1, 0.15) is 12.1 Å². The van der Waals surface area contributed by atoms with Crippen molar-refractivity contribution in [2.24, 2.45) is 0 Å². The van der Waals surface area contributed by atoms with Crippen molar-refractivity contribution in [1.82, 2.24) is 14.6 Å². The van der Waals surface area contributed by atoms with Gasteiger partial charge in [0, 0.05) is 12.0 Å². The van der Waals surface area contributed by atoms with Gasteiger partial charge in [0.15, 0.2) is 5.75 Å². The van der Waals surface area contributed by atoms with Crippen LogP contribution >= 0.6 is 11.6 Å². The van der Waals surface area contributed by atoms with E-state index in [1.807, 2.05) is 13.8 Å². The van der Waals surface area contributed by atoms with E-state index in [-0.39, 0.29) is 17.5 Å². The highest BCUT2D eigenvalue weighted by molar-refractivity contribution is 6.30. The summed E-state index contributed by atoms with van der Waals surface area (Å²) in [6, 6.07) is 4.56. The number of rotatable bonds is 5. The number of benzene rings is 1. The first kappa shape index (κ1) is 19.1. The molecule has 27 heavy (non-hydrogen) atoms. The van der Waals surface area contributed by atoms with Crippen LogP contribution in [0.4, 0.5) is 9.18 Å². The monoisotopic (exact) mass is 391 g/mol. The minimum absolute atomic E-state index is 0.0426. The van der Waals surface area contributed by atoms with Gasteiger partial charge in [-0.15, -0.1) is 0 Å². The summed E-state index contributed by atoms with van der Waals surface area (Å²) < 4.78 is 25.3. The fourth-order valence-corrected chi connectivity index (χ4v) is 3.13. The summed E-state index contributed by atoms with van der Waals surface area (Å²) in [5.74, 6) is -0.0488. The maximum atomic E-state index is 13.4. The lowest BCUT2D eigenvalue weighted by molar-refractivity contribution is 0.104. The third-order valence-electron chi connectivity index (χ3n) is 4.04. The molecule has 0 radical (unpaired) electrons. The summed E-state index contributed by atoms with van der Waals surface area (Å²) in [5, 5.41) is 4.28. The van der Waals surface area contributed by atoms with Gasteiger partial charge in [-0.25, -0.2) is 18.7 Å². The van der Waals surface area contributed by atoms with Gasteiger partial charge in [0.25, 0.3) is 0 Å². The largest absolute Gasteiger partial charge is 0.513 e. The van der Waals surface area contributed by atoms with E-state index >= 15 is 0 Å². The predicted octanol–water partition coefficient (Wildman–Crippen LogP) is 4.77. The number of carbonyl (C=O) groups excluding carboxylic acids is 1. The SMILES string of the molecule is CCOC(=O)Oc1cn2ncnc(Cc3ccc(F)c(Cl)c3)c2c1C(C)C. The molecule has 2 heterocycles. The third kappa shape index (κ3) is 4.03. The average molecular weight is 392 g/mol. The molecule has 0 atom stereocenters. The van der Waals surface area contributed by atoms with Crippen LogP contribution in [-0.4, -0.2) is 27.4 Å². The summed E-state index contributed by atoms with van der Waals surface area (Å²) >= 11 is 5.89. The Labute approximate surface area is 160 Å². The highest BCUT2D eigenvalue weighted by atomic mass is 35.5. The normalized spacial score (nSPS) is 11.2. The summed E-state index contributed by atoms with van der Waals surface area (Å²) in [6.07, 6.45) is 2.71. The molecule has 6 nitrogen and oxygen atoms in total. The lowest BCUT2D eigenvalue weighted by atomic mass is 10.0. The molecule has 1 aromatic carbocycles. The fraction of sp³-hybridized carbons (Fsp3) is 0.316. The molecule has 0 amide bonds. The molecule has 0 spiro atoms. The molecule has 0 aliphatic heterocycles. The van der Waals surface area contributed by atoms with E-state index in [1.54, 1.807) is 29.8 Å². The zero-order chi connectivity index (χ0) is 19.6. The maximum Gasteiger partial charge on any atom is 0.513 e. The summed E-state index contributed by atoms with van der Waals surface area (Å²) in [6.45, 7) is 5.90. The molecule has 2 aromatic heterocycles. The zero-order valence-corrected chi connectivity index (χ0v) is 16.0. The zero-order valence-electron chi connectivity index (χ0n) is 15.2. The molecule has 0 saturated carbocycles. The second-order valence-electron chi connectivity index (χ2n) is 6.27. The summed E-state index contributed by atoms with van der Waals surface area (Å²) in [4.78, 5) is 16.2. The van der Waals surface area contributed by atoms with E-state index in [0.717, 1.165) is 22.3 Å². The fourth-order valence-electron chi connectivity index (χ4n) is 2.92. The number of carbonyl (C=O) groups is 1. The van der Waals surface area contributed by atoms with Gasteiger partial charge in [0.2, 0.25) is 0 Å². The predicted molar refractivity (Wildman–Crippen MR) is 98.9 cm³/mol. The molecule has 142 valence electrons. The molecule has 0 aliphatic carbocycles. The first-order chi connectivity index (χ1) is 12.9. The van der Waals surface area contributed by atoms with Crippen molar-refractivity contribution in [3.8, 4) is 5.75 Å². The van der Waals surface area contributed by atoms with Gasteiger partial charge in [0.05, 0.1) is 29.0 Å². The highest BCUT2D eigenvalue weighted by Crippen LogP contribution is 2.34. The summed E-state index contributed by atoms with van der Waals surface area (Å²) in [7, 11) is 0. The smallest absolute Gasteiger partial charge is 0.434 e. The van der Waals surface area contributed by atoms with Gasteiger partial charge in [-0.1, -0.05) is 31.5 Å². The first-order valence-corrected chi connectivity index (χ1v) is 8.92. The Balaban J connectivity index is 2.06. The van der Waals surface area contributed by atoms with E-state index in [9.17, 15) is 9.18 Å². The Morgan fingerprint density at radius 1 is 1.37 bits per heavy atom. The molecule has 0 saturated heterocycles. The molecule has 3 aromatic rings. The number of nitrogens with zero attached hydrogens (tertiary/aromatic N) is 3. The van der Waals surface area contributed by atoms with Crippen LogP contribution in [0.1, 0.15) is 43.5 Å². The minimum atomic E-state index is -0.768. The molecule has 0 bridgehead atoms. The number of fused-ring (bicyclic) bond motifs is 1. The second kappa shape index (κ2) is 7.92. The molecular weight excluding hydrogens is 373 g/mol. The number of ether oxygens (including phenoxy) is 2. The quantitative estimate of drug-likeness (QED) is 0.586. The Kier molecular flexibility index (Phi) is 5.60.